The summed E-state index contributed by atoms with van der Waals surface area (Å²) in [5, 5.41) is 8.10. The molecule has 14 nitrogen and oxygen atoms in total. The number of nitrogens with one attached hydrogen (secondary N) is 4. The normalized spacial score (nSPS) is 18.1. The minimum Gasteiger partial charge on any atom is -0.453 e. The van der Waals surface area contributed by atoms with Gasteiger partial charge in [0.15, 0.2) is 0 Å². The van der Waals surface area contributed by atoms with E-state index in [2.05, 4.69) is 57.0 Å². The Morgan fingerprint density at radius 3 is 1.81 bits per heavy atom. The third kappa shape index (κ3) is 8.42. The highest BCUT2D eigenvalue weighted by Gasteiger charge is 2.38. The van der Waals surface area contributed by atoms with Crippen LogP contribution in [0.15, 0.2) is 67.1 Å². The molecular formula is C43H53N9O5. The second-order valence-electron chi connectivity index (χ2n) is 15.7. The SMILES string of the molecule is COCNC(C(=O)N1CCCC1c1ncc(-c2ccc(-c3ccc4cc(-c5cnc(C6CCCN6C(=O)C(NC(=O)OC)C(C)C)[nH]5)ccc4c3)nc2)[nH]1)C(C)C. The number of aromatic amines is 2. The van der Waals surface area contributed by atoms with E-state index in [0.717, 1.165) is 81.9 Å². The van der Waals surface area contributed by atoms with Crippen LogP contribution in [-0.4, -0.2) is 98.8 Å². The van der Waals surface area contributed by atoms with E-state index in [-0.39, 0.29) is 41.8 Å². The Morgan fingerprint density at radius 1 is 0.719 bits per heavy atom. The maximum Gasteiger partial charge on any atom is 0.407 e. The lowest BCUT2D eigenvalue weighted by Crippen LogP contribution is -2.51. The summed E-state index contributed by atoms with van der Waals surface area (Å²) in [7, 11) is 2.91. The predicted octanol–water partition coefficient (Wildman–Crippen LogP) is 6.61. The molecule has 5 heterocycles. The molecular weight excluding hydrogens is 723 g/mol. The van der Waals surface area contributed by atoms with Crippen molar-refractivity contribution < 1.29 is 23.9 Å². The van der Waals surface area contributed by atoms with Gasteiger partial charge in [-0.1, -0.05) is 52.0 Å². The average Bonchev–Trinajstić information content (AvgIpc) is 4.06. The molecule has 2 saturated heterocycles. The molecule has 2 aliphatic rings. The molecule has 0 aliphatic carbocycles. The van der Waals surface area contributed by atoms with Gasteiger partial charge in [-0.2, -0.15) is 0 Å². The number of hydrogen-bond acceptors (Lipinski definition) is 9. The van der Waals surface area contributed by atoms with Crippen molar-refractivity contribution in [2.24, 2.45) is 11.8 Å². The zero-order valence-electron chi connectivity index (χ0n) is 33.5. The van der Waals surface area contributed by atoms with E-state index >= 15 is 0 Å². The highest BCUT2D eigenvalue weighted by molar-refractivity contribution is 5.90. The summed E-state index contributed by atoms with van der Waals surface area (Å²) in [6.45, 7) is 9.52. The van der Waals surface area contributed by atoms with E-state index in [1.54, 1.807) is 7.11 Å². The Labute approximate surface area is 333 Å². The van der Waals surface area contributed by atoms with Crippen LogP contribution in [0.3, 0.4) is 0 Å². The minimum atomic E-state index is -0.684. The van der Waals surface area contributed by atoms with E-state index in [1.807, 2.05) is 68.2 Å². The maximum absolute atomic E-state index is 13.6. The zero-order chi connectivity index (χ0) is 40.2. The first kappa shape index (κ1) is 39.6. The second kappa shape index (κ2) is 17.3. The van der Waals surface area contributed by atoms with Crippen LogP contribution in [0, 0.1) is 11.8 Å². The number of pyridine rings is 1. The molecule has 2 fully saturated rings. The molecule has 3 amide bonds. The van der Waals surface area contributed by atoms with Crippen LogP contribution in [0.25, 0.3) is 44.5 Å². The van der Waals surface area contributed by atoms with Crippen molar-refractivity contribution >= 4 is 28.7 Å². The molecule has 0 saturated carbocycles. The number of nitrogens with zero attached hydrogens (tertiary/aromatic N) is 5. The van der Waals surface area contributed by atoms with Crippen molar-refractivity contribution in [2.45, 2.75) is 77.5 Å². The lowest BCUT2D eigenvalue weighted by Gasteiger charge is -2.30. The first-order chi connectivity index (χ1) is 27.6. The van der Waals surface area contributed by atoms with Gasteiger partial charge < -0.3 is 34.6 Å². The number of benzene rings is 2. The molecule has 4 N–H and O–H groups in total. The molecule has 2 aromatic carbocycles. The lowest BCUT2D eigenvalue weighted by molar-refractivity contribution is -0.136. The van der Waals surface area contributed by atoms with Crippen LogP contribution in [0.5, 0.6) is 0 Å². The molecule has 7 rings (SSSR count). The number of methoxy groups -OCH3 is 2. The van der Waals surface area contributed by atoms with Gasteiger partial charge in [-0.05, 0) is 72.6 Å². The van der Waals surface area contributed by atoms with Gasteiger partial charge in [-0.25, -0.2) is 14.8 Å². The smallest absolute Gasteiger partial charge is 0.407 e. The van der Waals surface area contributed by atoms with Gasteiger partial charge in [-0.3, -0.25) is 19.9 Å². The molecule has 4 unspecified atom stereocenters. The highest BCUT2D eigenvalue weighted by Crippen LogP contribution is 2.35. The van der Waals surface area contributed by atoms with Crippen LogP contribution < -0.4 is 10.6 Å². The highest BCUT2D eigenvalue weighted by atomic mass is 16.5. The fraction of sp³-hybridized carbons (Fsp3) is 0.442. The van der Waals surface area contributed by atoms with Gasteiger partial charge in [0, 0.05) is 43.1 Å². The van der Waals surface area contributed by atoms with Gasteiger partial charge in [0.2, 0.25) is 11.8 Å². The van der Waals surface area contributed by atoms with E-state index in [1.165, 1.54) is 7.11 Å². The van der Waals surface area contributed by atoms with Crippen molar-refractivity contribution in [3.63, 3.8) is 0 Å². The Morgan fingerprint density at radius 2 is 1.26 bits per heavy atom. The summed E-state index contributed by atoms with van der Waals surface area (Å²) in [6, 6.07) is 15.4. The van der Waals surface area contributed by atoms with Crippen molar-refractivity contribution in [1.29, 1.82) is 0 Å². The molecule has 14 heteroatoms. The van der Waals surface area contributed by atoms with E-state index in [9.17, 15) is 14.4 Å². The third-order valence-electron chi connectivity index (χ3n) is 11.2. The number of hydrogen-bond donors (Lipinski definition) is 4. The zero-order valence-corrected chi connectivity index (χ0v) is 33.5. The Balaban J connectivity index is 1.02. The van der Waals surface area contributed by atoms with Crippen LogP contribution in [0.2, 0.25) is 0 Å². The number of aromatic nitrogens is 5. The standard InChI is InChI=1S/C43H53N9O5/c1-25(2)37(47-24-56-5)41(53)51-17-7-9-35(51)40-46-23-34(49-40)31-15-16-32(44-21-31)29-13-11-28-20-30(14-12-27(28)19-29)33-22-45-39(48-33)36-10-8-18-52(36)42(54)38(26(3)4)50-43(55)57-6/h11-16,19-23,25-26,35-38,47H,7-10,17-18,24H2,1-6H3,(H,45,48)(H,46,49)(H,50,55). The van der Waals surface area contributed by atoms with Crippen LogP contribution >= 0.6 is 0 Å². The number of ether oxygens (including phenoxy) is 2. The fourth-order valence-electron chi connectivity index (χ4n) is 8.07. The molecule has 0 bridgehead atoms. The number of alkyl carbamates (subject to hydrolysis) is 1. The molecule has 3 aromatic heterocycles. The number of rotatable bonds is 13. The number of fused-ring (bicyclic) bond motifs is 1. The summed E-state index contributed by atoms with van der Waals surface area (Å²) < 4.78 is 9.95. The van der Waals surface area contributed by atoms with E-state index in [4.69, 9.17) is 24.4 Å². The molecule has 0 spiro atoms. The van der Waals surface area contributed by atoms with Crippen molar-refractivity contribution in [2.75, 3.05) is 34.0 Å². The maximum atomic E-state index is 13.6. The quantitative estimate of drug-likeness (QED) is 0.0962. The average molecular weight is 776 g/mol. The Hall–Kier alpha value is -5.60. The van der Waals surface area contributed by atoms with E-state index in [0.29, 0.717) is 19.8 Å². The molecule has 2 aliphatic heterocycles. The molecule has 4 atom stereocenters. The first-order valence-electron chi connectivity index (χ1n) is 19.8. The number of imidazole rings is 2. The van der Waals surface area contributed by atoms with Crippen molar-refractivity contribution in [3.8, 4) is 33.8 Å². The van der Waals surface area contributed by atoms with Gasteiger partial charge in [0.25, 0.3) is 0 Å². The summed E-state index contributed by atoms with van der Waals surface area (Å²) in [4.78, 5) is 64.0. The summed E-state index contributed by atoms with van der Waals surface area (Å²) in [6.07, 6.45) is 8.30. The molecule has 300 valence electrons. The number of H-pyrrole nitrogens is 2. The van der Waals surface area contributed by atoms with Gasteiger partial charge >= 0.3 is 6.09 Å². The lowest BCUT2D eigenvalue weighted by atomic mass is 10.0. The van der Waals surface area contributed by atoms with Gasteiger partial charge in [0.1, 0.15) is 17.7 Å². The largest absolute Gasteiger partial charge is 0.453 e. The Bertz CT molecular complexity index is 2200. The van der Waals surface area contributed by atoms with Crippen LogP contribution in [0.4, 0.5) is 4.79 Å². The third-order valence-corrected chi connectivity index (χ3v) is 11.2. The molecule has 5 aromatic rings. The van der Waals surface area contributed by atoms with Crippen LogP contribution in [0.1, 0.15) is 77.1 Å². The Kier molecular flexibility index (Phi) is 12.0. The predicted molar refractivity (Wildman–Crippen MR) is 218 cm³/mol. The second-order valence-corrected chi connectivity index (χ2v) is 15.7. The topological polar surface area (TPSA) is 170 Å². The number of likely N-dealkylation sites (tertiary alicyclic amines) is 2. The van der Waals surface area contributed by atoms with Gasteiger partial charge in [0.05, 0.1) is 61.4 Å². The monoisotopic (exact) mass is 775 g/mol. The minimum absolute atomic E-state index is 0.0735. The van der Waals surface area contributed by atoms with E-state index < -0.39 is 12.1 Å². The molecule has 0 radical (unpaired) electrons. The number of amides is 3. The fourth-order valence-corrected chi connectivity index (χ4v) is 8.07. The van der Waals surface area contributed by atoms with Gasteiger partial charge in [-0.15, -0.1) is 0 Å². The van der Waals surface area contributed by atoms with Crippen molar-refractivity contribution in [3.05, 3.63) is 78.8 Å². The number of carbonyl (C=O) groups is 3. The summed E-state index contributed by atoms with van der Waals surface area (Å²) in [5.41, 5.74) is 5.50. The molecule has 57 heavy (non-hydrogen) atoms. The number of carbonyl (C=O) groups excluding carboxylic acids is 3. The first-order valence-corrected chi connectivity index (χ1v) is 19.8. The van der Waals surface area contributed by atoms with Crippen molar-refractivity contribution in [1.82, 2.24) is 45.4 Å². The van der Waals surface area contributed by atoms with Crippen LogP contribution in [-0.2, 0) is 19.1 Å². The summed E-state index contributed by atoms with van der Waals surface area (Å²) >= 11 is 0. The summed E-state index contributed by atoms with van der Waals surface area (Å²) in [5.74, 6) is 1.48.